The first-order valence-electron chi connectivity index (χ1n) is 9.48. The summed E-state index contributed by atoms with van der Waals surface area (Å²) in [6.07, 6.45) is 2.55. The molecule has 0 atom stereocenters. The highest BCUT2D eigenvalue weighted by Gasteiger charge is 2.10. The highest BCUT2D eigenvalue weighted by atomic mass is 16.5. The number of primary amides is 1. The van der Waals surface area contributed by atoms with Gasteiger partial charge in [0.25, 0.3) is 0 Å². The van der Waals surface area contributed by atoms with Gasteiger partial charge in [-0.1, -0.05) is 51.1 Å². The van der Waals surface area contributed by atoms with Gasteiger partial charge in [-0.25, -0.2) is 4.98 Å². The fraction of sp³-hybridized carbons (Fsp3) is 0.304. The number of hydrogen-bond acceptors (Lipinski definition) is 4. The van der Waals surface area contributed by atoms with Crippen LogP contribution in [0.4, 0.5) is 0 Å². The molecule has 3 rings (SSSR count). The summed E-state index contributed by atoms with van der Waals surface area (Å²) in [5, 5.41) is 5.72. The number of carbonyl (C=O) groups is 1. The Morgan fingerprint density at radius 2 is 1.82 bits per heavy atom. The zero-order valence-electron chi connectivity index (χ0n) is 16.7. The molecule has 0 fully saturated rings. The number of nitrogens with zero attached hydrogens (tertiary/aromatic N) is 1. The predicted octanol–water partition coefficient (Wildman–Crippen LogP) is 4.65. The third kappa shape index (κ3) is 5.08. The predicted molar refractivity (Wildman–Crippen MR) is 113 cm³/mol. The number of rotatable bonds is 7. The van der Waals surface area contributed by atoms with E-state index in [1.54, 1.807) is 12.1 Å². The van der Waals surface area contributed by atoms with E-state index in [4.69, 9.17) is 10.5 Å². The molecular formula is C23H27N3O2. The maximum Gasteiger partial charge on any atom is 0.250 e. The van der Waals surface area contributed by atoms with Crippen molar-refractivity contribution in [2.24, 2.45) is 11.1 Å². The third-order valence-electron chi connectivity index (χ3n) is 4.57. The Morgan fingerprint density at radius 1 is 1.07 bits per heavy atom. The van der Waals surface area contributed by atoms with Crippen molar-refractivity contribution >= 4 is 16.7 Å². The fourth-order valence-electron chi connectivity index (χ4n) is 2.97. The van der Waals surface area contributed by atoms with Crippen LogP contribution >= 0.6 is 0 Å². The molecule has 1 aromatic heterocycles. The van der Waals surface area contributed by atoms with Crippen LogP contribution in [0.3, 0.4) is 0 Å². The van der Waals surface area contributed by atoms with Gasteiger partial charge in [0.15, 0.2) is 0 Å². The van der Waals surface area contributed by atoms with Crippen molar-refractivity contribution in [2.45, 2.75) is 33.7 Å². The Kier molecular flexibility index (Phi) is 5.95. The number of benzene rings is 2. The van der Waals surface area contributed by atoms with Gasteiger partial charge in [-0.3, -0.25) is 4.79 Å². The quantitative estimate of drug-likeness (QED) is 0.588. The van der Waals surface area contributed by atoms with Crippen LogP contribution in [-0.4, -0.2) is 17.4 Å². The van der Waals surface area contributed by atoms with E-state index in [0.29, 0.717) is 16.9 Å². The maximum atomic E-state index is 11.2. The van der Waals surface area contributed by atoms with Gasteiger partial charge in [0.05, 0.1) is 5.56 Å². The van der Waals surface area contributed by atoms with Crippen LogP contribution in [0.25, 0.3) is 10.8 Å². The molecule has 1 amide bonds. The Morgan fingerprint density at radius 3 is 2.50 bits per heavy atom. The lowest BCUT2D eigenvalue weighted by Crippen LogP contribution is -2.20. The Labute approximate surface area is 165 Å². The summed E-state index contributed by atoms with van der Waals surface area (Å²) in [4.78, 5) is 15.4. The van der Waals surface area contributed by atoms with E-state index in [-0.39, 0.29) is 0 Å². The number of nitrogens with one attached hydrogen (secondary N) is 1. The Hall–Kier alpha value is -2.92. The number of ether oxygens (including phenoxy) is 1. The summed E-state index contributed by atoms with van der Waals surface area (Å²) in [5.74, 6) is 0.646. The number of pyridine rings is 1. The zero-order chi connectivity index (χ0) is 20.1. The van der Waals surface area contributed by atoms with Gasteiger partial charge in [0.1, 0.15) is 5.75 Å². The summed E-state index contributed by atoms with van der Waals surface area (Å²) in [7, 11) is 0. The molecule has 0 bridgehead atoms. The molecule has 5 heteroatoms. The molecule has 146 valence electrons. The minimum absolute atomic E-state index is 0.323. The summed E-state index contributed by atoms with van der Waals surface area (Å²) >= 11 is 0. The second-order valence-corrected chi connectivity index (χ2v) is 8.11. The highest BCUT2D eigenvalue weighted by Crippen LogP contribution is 2.31. The number of aromatic nitrogens is 1. The summed E-state index contributed by atoms with van der Waals surface area (Å²) in [6, 6.07) is 15.5. The first kappa shape index (κ1) is 19.8. The first-order chi connectivity index (χ1) is 13.3. The Bertz CT molecular complexity index is 960. The molecule has 0 saturated carbocycles. The molecule has 1 heterocycles. The number of hydrogen-bond donors (Lipinski definition) is 2. The largest absolute Gasteiger partial charge is 0.438 e. The second-order valence-electron chi connectivity index (χ2n) is 8.11. The summed E-state index contributed by atoms with van der Waals surface area (Å²) in [5.41, 5.74) is 7.16. The molecule has 0 aliphatic carbocycles. The van der Waals surface area contributed by atoms with Crippen molar-refractivity contribution < 1.29 is 9.53 Å². The van der Waals surface area contributed by atoms with E-state index in [1.807, 2.05) is 24.3 Å². The third-order valence-corrected chi connectivity index (χ3v) is 4.57. The van der Waals surface area contributed by atoms with Gasteiger partial charge < -0.3 is 15.8 Å². The second kappa shape index (κ2) is 8.40. The molecule has 3 aromatic rings. The van der Waals surface area contributed by atoms with Gasteiger partial charge in [-0.15, -0.1) is 0 Å². The summed E-state index contributed by atoms with van der Waals surface area (Å²) in [6.45, 7) is 8.54. The molecule has 0 saturated heterocycles. The molecular weight excluding hydrogens is 350 g/mol. The zero-order valence-corrected chi connectivity index (χ0v) is 16.7. The van der Waals surface area contributed by atoms with Crippen molar-refractivity contribution in [2.75, 3.05) is 6.54 Å². The van der Waals surface area contributed by atoms with E-state index >= 15 is 0 Å². The topological polar surface area (TPSA) is 77.2 Å². The molecule has 0 unspecified atom stereocenters. The fourth-order valence-corrected chi connectivity index (χ4v) is 2.97. The van der Waals surface area contributed by atoms with Crippen molar-refractivity contribution in [1.82, 2.24) is 10.3 Å². The van der Waals surface area contributed by atoms with Crippen LogP contribution in [0.1, 0.15) is 43.1 Å². The van der Waals surface area contributed by atoms with Gasteiger partial charge in [-0.05, 0) is 41.5 Å². The lowest BCUT2D eigenvalue weighted by molar-refractivity contribution is 0.1000. The monoisotopic (exact) mass is 377 g/mol. The number of amides is 1. The minimum atomic E-state index is -0.507. The highest BCUT2D eigenvalue weighted by molar-refractivity contribution is 5.92. The molecule has 2 aromatic carbocycles. The van der Waals surface area contributed by atoms with Gasteiger partial charge in [-0.2, -0.15) is 0 Å². The molecule has 28 heavy (non-hydrogen) atoms. The summed E-state index contributed by atoms with van der Waals surface area (Å²) < 4.78 is 5.97. The van der Waals surface area contributed by atoms with E-state index in [9.17, 15) is 4.79 Å². The normalized spacial score (nSPS) is 11.5. The van der Waals surface area contributed by atoms with Crippen LogP contribution < -0.4 is 15.8 Å². The lowest BCUT2D eigenvalue weighted by Gasteiger charge is -2.18. The van der Waals surface area contributed by atoms with E-state index < -0.39 is 5.91 Å². The molecule has 0 spiro atoms. The first-order valence-corrected chi connectivity index (χ1v) is 9.48. The molecule has 5 nitrogen and oxygen atoms in total. The van der Waals surface area contributed by atoms with Crippen LogP contribution in [0.5, 0.6) is 11.6 Å². The van der Waals surface area contributed by atoms with Crippen molar-refractivity contribution in [3.63, 3.8) is 0 Å². The number of carbonyl (C=O) groups excluding carboxylic acids is 1. The van der Waals surface area contributed by atoms with Gasteiger partial charge in [0, 0.05) is 24.2 Å². The maximum absolute atomic E-state index is 11.2. The molecule has 0 aliphatic rings. The van der Waals surface area contributed by atoms with E-state index in [0.717, 1.165) is 36.0 Å². The van der Waals surface area contributed by atoms with E-state index in [1.165, 1.54) is 11.8 Å². The molecule has 0 aliphatic heterocycles. The van der Waals surface area contributed by atoms with E-state index in [2.05, 4.69) is 43.2 Å². The standard InChI is InChI=1S/C23H27N3O2/c1-23(2,3)12-13-25-14-16-6-4-8-19-18(16)7-5-9-20(19)28-21-11-10-17(15-26-21)22(24)27/h4-11,15,25H,12-14H2,1-3H3,(H2,24,27). The minimum Gasteiger partial charge on any atom is -0.438 e. The Balaban J connectivity index is 1.78. The van der Waals surface area contributed by atoms with Crippen molar-refractivity contribution in [3.8, 4) is 11.6 Å². The average Bonchev–Trinajstić information content (AvgIpc) is 2.65. The lowest BCUT2D eigenvalue weighted by atomic mass is 9.92. The molecule has 3 N–H and O–H groups in total. The van der Waals surface area contributed by atoms with Gasteiger partial charge in [0.2, 0.25) is 11.8 Å². The average molecular weight is 377 g/mol. The van der Waals surface area contributed by atoms with Crippen LogP contribution in [0, 0.1) is 5.41 Å². The molecule has 0 radical (unpaired) electrons. The smallest absolute Gasteiger partial charge is 0.250 e. The van der Waals surface area contributed by atoms with Crippen molar-refractivity contribution in [1.29, 1.82) is 0 Å². The number of fused-ring (bicyclic) bond motifs is 1. The van der Waals surface area contributed by atoms with Crippen molar-refractivity contribution in [3.05, 3.63) is 65.9 Å². The SMILES string of the molecule is CC(C)(C)CCNCc1cccc2c(Oc3ccc(C(N)=O)cn3)cccc12. The van der Waals surface area contributed by atoms with Crippen LogP contribution in [-0.2, 0) is 6.54 Å². The van der Waals surface area contributed by atoms with Crippen LogP contribution in [0.15, 0.2) is 54.7 Å². The van der Waals surface area contributed by atoms with Gasteiger partial charge >= 0.3 is 0 Å². The number of nitrogens with two attached hydrogens (primary N) is 1. The van der Waals surface area contributed by atoms with Crippen LogP contribution in [0.2, 0.25) is 0 Å².